The molecule has 5 nitrogen and oxygen atoms in total. The van der Waals surface area contributed by atoms with Gasteiger partial charge in [0.05, 0.1) is 0 Å². The van der Waals surface area contributed by atoms with Crippen LogP contribution in [0.4, 0.5) is 10.8 Å². The lowest BCUT2D eigenvalue weighted by Gasteiger charge is -2.27. The summed E-state index contributed by atoms with van der Waals surface area (Å²) in [6, 6.07) is 9.53. The molecule has 0 radical (unpaired) electrons. The van der Waals surface area contributed by atoms with Gasteiger partial charge >= 0.3 is 0 Å². The number of carbonyl (C=O) groups is 1. The van der Waals surface area contributed by atoms with Crippen LogP contribution in [0.25, 0.3) is 0 Å². The number of piperidine rings is 1. The summed E-state index contributed by atoms with van der Waals surface area (Å²) in [7, 11) is 0. The van der Waals surface area contributed by atoms with Crippen LogP contribution in [-0.2, 0) is 11.3 Å². The van der Waals surface area contributed by atoms with Crippen LogP contribution >= 0.6 is 11.3 Å². The van der Waals surface area contributed by atoms with E-state index in [1.54, 1.807) is 17.4 Å². The summed E-state index contributed by atoms with van der Waals surface area (Å²) in [5.74, 6) is -0.0464. The van der Waals surface area contributed by atoms with Gasteiger partial charge in [0.25, 0.3) is 0 Å². The summed E-state index contributed by atoms with van der Waals surface area (Å²) in [4.78, 5) is 19.7. The van der Waals surface area contributed by atoms with Gasteiger partial charge in [-0.25, -0.2) is 4.98 Å². The number of nitrogens with two attached hydrogens (primary N) is 1. The minimum absolute atomic E-state index is 0.0464. The molecule has 3 rings (SSSR count). The quantitative estimate of drug-likeness (QED) is 0.847. The second-order valence-electron chi connectivity index (χ2n) is 5.60. The zero-order chi connectivity index (χ0) is 16.1. The summed E-state index contributed by atoms with van der Waals surface area (Å²) < 4.78 is 0. The molecule has 1 fully saturated rings. The number of hydrogen-bond acceptors (Lipinski definition) is 5. The highest BCUT2D eigenvalue weighted by Gasteiger charge is 2.16. The Kier molecular flexibility index (Phi) is 5.05. The lowest BCUT2D eigenvalue weighted by atomic mass is 10.0. The zero-order valence-electron chi connectivity index (χ0n) is 12.9. The molecule has 1 amide bonds. The van der Waals surface area contributed by atoms with E-state index in [1.165, 1.54) is 10.5 Å². The smallest absolute Gasteiger partial charge is 0.248 e. The standard InChI is InChI=1S/C17H20N4OS/c18-17-19-11-15(23-17)12-21-8-6-13(7-9-21)10-16(22)20-14-4-2-1-3-5-14/h1-5,10-11H,6-9,12H2,(H2,18,19)(H,20,22). The van der Waals surface area contributed by atoms with E-state index in [9.17, 15) is 4.79 Å². The van der Waals surface area contributed by atoms with Crippen molar-refractivity contribution in [3.05, 3.63) is 53.1 Å². The molecule has 0 unspecified atom stereocenters. The molecular weight excluding hydrogens is 308 g/mol. The maximum atomic E-state index is 12.0. The average molecular weight is 328 g/mol. The van der Waals surface area contributed by atoms with Gasteiger partial charge in [-0.2, -0.15) is 0 Å². The zero-order valence-corrected chi connectivity index (χ0v) is 13.7. The fourth-order valence-corrected chi connectivity index (χ4v) is 3.37. The molecule has 0 saturated carbocycles. The number of para-hydroxylation sites is 1. The van der Waals surface area contributed by atoms with E-state index in [0.29, 0.717) is 5.13 Å². The van der Waals surface area contributed by atoms with Gasteiger partial charge < -0.3 is 11.1 Å². The van der Waals surface area contributed by atoms with Gasteiger partial charge in [0, 0.05) is 42.5 Å². The van der Waals surface area contributed by atoms with E-state index in [1.807, 2.05) is 36.5 Å². The number of thiazole rings is 1. The average Bonchev–Trinajstić information content (AvgIpc) is 2.95. The van der Waals surface area contributed by atoms with Crippen molar-refractivity contribution in [2.24, 2.45) is 0 Å². The first kappa shape index (κ1) is 15.7. The Morgan fingerprint density at radius 2 is 2.04 bits per heavy atom. The molecule has 0 spiro atoms. The van der Waals surface area contributed by atoms with Crippen LogP contribution in [0.2, 0.25) is 0 Å². The summed E-state index contributed by atoms with van der Waals surface area (Å²) in [6.45, 7) is 2.81. The van der Waals surface area contributed by atoms with Gasteiger partial charge in [0.2, 0.25) is 5.91 Å². The number of nitrogen functional groups attached to an aromatic ring is 1. The van der Waals surface area contributed by atoms with E-state index in [4.69, 9.17) is 5.73 Å². The first-order valence-electron chi connectivity index (χ1n) is 7.67. The van der Waals surface area contributed by atoms with Gasteiger partial charge in [0.1, 0.15) is 0 Å². The van der Waals surface area contributed by atoms with Gasteiger partial charge in [-0.3, -0.25) is 9.69 Å². The van der Waals surface area contributed by atoms with Gasteiger partial charge in [-0.1, -0.05) is 23.8 Å². The third-order valence-corrected chi connectivity index (χ3v) is 4.64. The Morgan fingerprint density at radius 3 is 2.70 bits per heavy atom. The van der Waals surface area contributed by atoms with Gasteiger partial charge in [-0.05, 0) is 25.0 Å². The SMILES string of the molecule is Nc1ncc(CN2CCC(=CC(=O)Nc3ccccc3)CC2)s1. The third-order valence-electron chi connectivity index (χ3n) is 3.83. The number of likely N-dealkylation sites (tertiary alicyclic amines) is 1. The second kappa shape index (κ2) is 7.39. The number of rotatable bonds is 4. The van der Waals surface area contributed by atoms with Crippen LogP contribution in [-0.4, -0.2) is 28.9 Å². The topological polar surface area (TPSA) is 71.2 Å². The van der Waals surface area contributed by atoms with Gasteiger partial charge in [0.15, 0.2) is 5.13 Å². The van der Waals surface area contributed by atoms with E-state index in [2.05, 4.69) is 15.2 Å². The highest BCUT2D eigenvalue weighted by molar-refractivity contribution is 7.15. The molecule has 1 aromatic heterocycles. The van der Waals surface area contributed by atoms with Crippen molar-refractivity contribution in [1.82, 2.24) is 9.88 Å². The molecule has 1 saturated heterocycles. The van der Waals surface area contributed by atoms with Crippen LogP contribution in [0.1, 0.15) is 17.7 Å². The number of benzene rings is 1. The van der Waals surface area contributed by atoms with Crippen LogP contribution in [0.5, 0.6) is 0 Å². The second-order valence-corrected chi connectivity index (χ2v) is 6.75. The molecule has 23 heavy (non-hydrogen) atoms. The first-order chi connectivity index (χ1) is 11.2. The maximum Gasteiger partial charge on any atom is 0.248 e. The van der Waals surface area contributed by atoms with Crippen molar-refractivity contribution in [1.29, 1.82) is 0 Å². The predicted octanol–water partition coefficient (Wildman–Crippen LogP) is 2.89. The van der Waals surface area contributed by atoms with Gasteiger partial charge in [-0.15, -0.1) is 11.3 Å². The molecule has 0 bridgehead atoms. The lowest BCUT2D eigenvalue weighted by molar-refractivity contribution is -0.112. The Labute approximate surface area is 139 Å². The summed E-state index contributed by atoms with van der Waals surface area (Å²) in [6.07, 6.45) is 5.45. The van der Waals surface area contributed by atoms with E-state index in [0.717, 1.165) is 38.2 Å². The molecular formula is C17H20N4OS. The van der Waals surface area contributed by atoms with Crippen molar-refractivity contribution in [3.63, 3.8) is 0 Å². The van der Waals surface area contributed by atoms with Crippen LogP contribution in [0.15, 0.2) is 48.2 Å². The van der Waals surface area contributed by atoms with E-state index < -0.39 is 0 Å². The molecule has 2 aromatic rings. The van der Waals surface area contributed by atoms with Crippen molar-refractivity contribution < 1.29 is 4.79 Å². The van der Waals surface area contributed by atoms with Crippen molar-refractivity contribution >= 4 is 28.1 Å². The Hall–Kier alpha value is -2.18. The number of aromatic nitrogens is 1. The normalized spacial score (nSPS) is 15.4. The van der Waals surface area contributed by atoms with Crippen molar-refractivity contribution in [2.75, 3.05) is 24.1 Å². The highest BCUT2D eigenvalue weighted by Crippen LogP contribution is 2.21. The Morgan fingerprint density at radius 1 is 1.30 bits per heavy atom. The first-order valence-corrected chi connectivity index (χ1v) is 8.49. The van der Waals surface area contributed by atoms with Crippen molar-refractivity contribution in [3.8, 4) is 0 Å². The minimum atomic E-state index is -0.0464. The molecule has 2 heterocycles. The van der Waals surface area contributed by atoms with E-state index >= 15 is 0 Å². The van der Waals surface area contributed by atoms with Crippen molar-refractivity contribution in [2.45, 2.75) is 19.4 Å². The summed E-state index contributed by atoms with van der Waals surface area (Å²) in [5.41, 5.74) is 7.69. The number of carbonyl (C=O) groups excluding carboxylic acids is 1. The van der Waals surface area contributed by atoms with Crippen LogP contribution < -0.4 is 11.1 Å². The van der Waals surface area contributed by atoms with Crippen LogP contribution in [0, 0.1) is 0 Å². The number of anilines is 2. The molecule has 1 aromatic carbocycles. The molecule has 1 aliphatic rings. The largest absolute Gasteiger partial charge is 0.375 e. The van der Waals surface area contributed by atoms with Crippen LogP contribution in [0.3, 0.4) is 0 Å². The molecule has 0 atom stereocenters. The number of amides is 1. The maximum absolute atomic E-state index is 12.0. The molecule has 120 valence electrons. The summed E-state index contributed by atoms with van der Waals surface area (Å²) in [5, 5.41) is 3.51. The predicted molar refractivity (Wildman–Crippen MR) is 94.2 cm³/mol. The highest BCUT2D eigenvalue weighted by atomic mass is 32.1. The monoisotopic (exact) mass is 328 g/mol. The summed E-state index contributed by atoms with van der Waals surface area (Å²) >= 11 is 1.54. The fourth-order valence-electron chi connectivity index (χ4n) is 2.64. The Balaban J connectivity index is 1.49. The third kappa shape index (κ3) is 4.64. The molecule has 6 heteroatoms. The number of hydrogen-bond donors (Lipinski definition) is 2. The van der Waals surface area contributed by atoms with E-state index in [-0.39, 0.29) is 5.91 Å². The molecule has 3 N–H and O–H groups in total. The fraction of sp³-hybridized carbons (Fsp3) is 0.294. The lowest BCUT2D eigenvalue weighted by Crippen LogP contribution is -2.30. The number of nitrogens with one attached hydrogen (secondary N) is 1. The molecule has 0 aliphatic carbocycles. The molecule has 1 aliphatic heterocycles. The number of nitrogens with zero attached hydrogens (tertiary/aromatic N) is 2. The Bertz CT molecular complexity index is 686. The minimum Gasteiger partial charge on any atom is -0.375 e.